The first kappa shape index (κ1) is 15.4. The molecule has 0 fully saturated rings. The molecule has 0 aromatic rings. The Labute approximate surface area is 105 Å². The molecule has 0 aromatic heterocycles. The van der Waals surface area contributed by atoms with Crippen LogP contribution in [-0.4, -0.2) is 12.5 Å². The van der Waals surface area contributed by atoms with Crippen molar-refractivity contribution >= 4 is 5.91 Å². The lowest BCUT2D eigenvalue weighted by Crippen LogP contribution is -2.23. The topological polar surface area (TPSA) is 29.1 Å². The van der Waals surface area contributed by atoms with E-state index in [1.165, 1.54) is 5.57 Å². The van der Waals surface area contributed by atoms with Gasteiger partial charge in [-0.1, -0.05) is 50.5 Å². The van der Waals surface area contributed by atoms with Gasteiger partial charge in [0.25, 0.3) is 0 Å². The number of carbonyl (C=O) groups excluding carboxylic acids is 1. The van der Waals surface area contributed by atoms with Crippen LogP contribution in [-0.2, 0) is 4.79 Å². The van der Waals surface area contributed by atoms with Crippen molar-refractivity contribution in [2.24, 2.45) is 0 Å². The molecule has 2 heteroatoms. The van der Waals surface area contributed by atoms with Crippen LogP contribution in [0.1, 0.15) is 32.6 Å². The second kappa shape index (κ2) is 10.9. The van der Waals surface area contributed by atoms with Gasteiger partial charge >= 0.3 is 0 Å². The third-order valence-electron chi connectivity index (χ3n) is 2.22. The summed E-state index contributed by atoms with van der Waals surface area (Å²) in [6, 6.07) is 0. The van der Waals surface area contributed by atoms with Crippen LogP contribution in [0.5, 0.6) is 0 Å². The number of allylic oxidation sites excluding steroid dienone is 6. The molecule has 0 atom stereocenters. The van der Waals surface area contributed by atoms with Gasteiger partial charge in [-0.3, -0.25) is 4.79 Å². The van der Waals surface area contributed by atoms with Gasteiger partial charge in [-0.2, -0.15) is 0 Å². The average molecular weight is 233 g/mol. The molecule has 0 aromatic carbocycles. The smallest absolute Gasteiger partial charge is 0.220 e. The number of hydrogen-bond donors (Lipinski definition) is 1. The lowest BCUT2D eigenvalue weighted by molar-refractivity contribution is -0.121. The zero-order chi connectivity index (χ0) is 12.9. The van der Waals surface area contributed by atoms with Crippen molar-refractivity contribution in [2.75, 3.05) is 6.54 Å². The fraction of sp³-hybridized carbons (Fsp3) is 0.400. The Kier molecular flexibility index (Phi) is 9.92. The van der Waals surface area contributed by atoms with Crippen LogP contribution in [0.25, 0.3) is 0 Å². The third kappa shape index (κ3) is 9.36. The summed E-state index contributed by atoms with van der Waals surface area (Å²) in [4.78, 5) is 11.4. The molecule has 2 nitrogen and oxygen atoms in total. The second-order valence-corrected chi connectivity index (χ2v) is 3.78. The van der Waals surface area contributed by atoms with Gasteiger partial charge in [0.15, 0.2) is 0 Å². The van der Waals surface area contributed by atoms with E-state index in [1.807, 2.05) is 25.2 Å². The fourth-order valence-electron chi connectivity index (χ4n) is 1.37. The van der Waals surface area contributed by atoms with Crippen LogP contribution in [0, 0.1) is 0 Å². The minimum absolute atomic E-state index is 0.137. The monoisotopic (exact) mass is 233 g/mol. The number of hydrogen-bond acceptors (Lipinski definition) is 1. The SMILES string of the molecule is C=C/C=C\C(=C/C=C)CCCC(=O)NCCC. The van der Waals surface area contributed by atoms with E-state index in [4.69, 9.17) is 0 Å². The molecule has 0 radical (unpaired) electrons. The summed E-state index contributed by atoms with van der Waals surface area (Å²) in [6.45, 7) is 10.1. The summed E-state index contributed by atoms with van der Waals surface area (Å²) in [7, 11) is 0. The van der Waals surface area contributed by atoms with Crippen molar-refractivity contribution in [1.82, 2.24) is 5.32 Å². The zero-order valence-electron chi connectivity index (χ0n) is 10.7. The van der Waals surface area contributed by atoms with E-state index >= 15 is 0 Å². The van der Waals surface area contributed by atoms with Crippen LogP contribution < -0.4 is 5.32 Å². The zero-order valence-corrected chi connectivity index (χ0v) is 10.7. The van der Waals surface area contributed by atoms with E-state index in [1.54, 1.807) is 12.2 Å². The molecule has 0 unspecified atom stereocenters. The van der Waals surface area contributed by atoms with E-state index in [0.717, 1.165) is 25.8 Å². The Morgan fingerprint density at radius 3 is 2.59 bits per heavy atom. The van der Waals surface area contributed by atoms with Gasteiger partial charge in [0.05, 0.1) is 0 Å². The van der Waals surface area contributed by atoms with Gasteiger partial charge in [-0.15, -0.1) is 0 Å². The van der Waals surface area contributed by atoms with Crippen LogP contribution >= 0.6 is 0 Å². The van der Waals surface area contributed by atoms with Gasteiger partial charge in [0.1, 0.15) is 0 Å². The first-order chi connectivity index (χ1) is 8.24. The second-order valence-electron chi connectivity index (χ2n) is 3.78. The minimum atomic E-state index is 0.137. The van der Waals surface area contributed by atoms with Crippen molar-refractivity contribution in [1.29, 1.82) is 0 Å². The van der Waals surface area contributed by atoms with Crippen molar-refractivity contribution in [3.63, 3.8) is 0 Å². The maximum Gasteiger partial charge on any atom is 0.220 e. The molecule has 1 amide bonds. The summed E-state index contributed by atoms with van der Waals surface area (Å²) in [6.07, 6.45) is 12.7. The molecule has 0 saturated heterocycles. The first-order valence-electron chi connectivity index (χ1n) is 6.12. The third-order valence-corrected chi connectivity index (χ3v) is 2.22. The summed E-state index contributed by atoms with van der Waals surface area (Å²) < 4.78 is 0. The van der Waals surface area contributed by atoms with Gasteiger partial charge in [0.2, 0.25) is 5.91 Å². The molecule has 0 rings (SSSR count). The maximum absolute atomic E-state index is 11.4. The predicted molar refractivity (Wildman–Crippen MR) is 74.8 cm³/mol. The molecular formula is C15H23NO. The normalized spacial score (nSPS) is 11.5. The lowest BCUT2D eigenvalue weighted by Gasteiger charge is -2.04. The molecule has 0 bridgehead atoms. The molecule has 17 heavy (non-hydrogen) atoms. The van der Waals surface area contributed by atoms with Gasteiger partial charge in [0, 0.05) is 13.0 Å². The number of nitrogens with one attached hydrogen (secondary N) is 1. The lowest BCUT2D eigenvalue weighted by atomic mass is 10.1. The van der Waals surface area contributed by atoms with Gasteiger partial charge in [-0.25, -0.2) is 0 Å². The summed E-state index contributed by atoms with van der Waals surface area (Å²) in [5.74, 6) is 0.137. The maximum atomic E-state index is 11.4. The molecular weight excluding hydrogens is 210 g/mol. The Morgan fingerprint density at radius 1 is 1.24 bits per heavy atom. The highest BCUT2D eigenvalue weighted by molar-refractivity contribution is 5.75. The van der Waals surface area contributed by atoms with Crippen molar-refractivity contribution in [3.8, 4) is 0 Å². The first-order valence-corrected chi connectivity index (χ1v) is 6.12. The van der Waals surface area contributed by atoms with Gasteiger partial charge in [-0.05, 0) is 24.8 Å². The highest BCUT2D eigenvalue weighted by atomic mass is 16.1. The largest absolute Gasteiger partial charge is 0.356 e. The van der Waals surface area contributed by atoms with E-state index in [9.17, 15) is 4.79 Å². The van der Waals surface area contributed by atoms with E-state index in [0.29, 0.717) is 6.42 Å². The van der Waals surface area contributed by atoms with E-state index in [2.05, 4.69) is 18.5 Å². The highest BCUT2D eigenvalue weighted by Crippen LogP contribution is 2.09. The molecule has 94 valence electrons. The molecule has 0 aliphatic rings. The van der Waals surface area contributed by atoms with E-state index < -0.39 is 0 Å². The van der Waals surface area contributed by atoms with Crippen molar-refractivity contribution in [2.45, 2.75) is 32.6 Å². The molecule has 0 aliphatic heterocycles. The Morgan fingerprint density at radius 2 is 2.00 bits per heavy atom. The molecule has 0 aliphatic carbocycles. The summed E-state index contributed by atoms with van der Waals surface area (Å²) in [5.41, 5.74) is 1.17. The van der Waals surface area contributed by atoms with Gasteiger partial charge < -0.3 is 5.32 Å². The average Bonchev–Trinajstić information content (AvgIpc) is 2.33. The molecule has 0 saturated carbocycles. The fourth-order valence-corrected chi connectivity index (χ4v) is 1.37. The Balaban J connectivity index is 3.94. The van der Waals surface area contributed by atoms with Crippen LogP contribution in [0.3, 0.4) is 0 Å². The number of carbonyl (C=O) groups is 1. The molecule has 1 N–H and O–H groups in total. The van der Waals surface area contributed by atoms with Crippen molar-refractivity contribution < 1.29 is 4.79 Å². The summed E-state index contributed by atoms with van der Waals surface area (Å²) >= 11 is 0. The highest BCUT2D eigenvalue weighted by Gasteiger charge is 2.00. The number of amides is 1. The van der Waals surface area contributed by atoms with Crippen LogP contribution in [0.15, 0.2) is 49.1 Å². The van der Waals surface area contributed by atoms with Crippen LogP contribution in [0.2, 0.25) is 0 Å². The standard InChI is InChI=1S/C15H23NO/c1-4-7-10-14(9-5-2)11-8-12-15(17)16-13-6-3/h4-5,7,9-10H,1-2,6,8,11-13H2,3H3,(H,16,17)/b10-7-,14-9+. The Hall–Kier alpha value is -1.57. The predicted octanol–water partition coefficient (Wildman–Crippen LogP) is 3.54. The van der Waals surface area contributed by atoms with Crippen LogP contribution in [0.4, 0.5) is 0 Å². The van der Waals surface area contributed by atoms with E-state index in [-0.39, 0.29) is 5.91 Å². The Bertz CT molecular complexity index is 300. The number of rotatable bonds is 9. The van der Waals surface area contributed by atoms with Crippen molar-refractivity contribution in [3.05, 3.63) is 49.1 Å². The molecule has 0 heterocycles. The quantitative estimate of drug-likeness (QED) is 0.606. The minimum Gasteiger partial charge on any atom is -0.356 e. The summed E-state index contributed by atoms with van der Waals surface area (Å²) in [5, 5.41) is 2.87. The molecule has 0 spiro atoms.